The van der Waals surface area contributed by atoms with Gasteiger partial charge in [-0.1, -0.05) is 23.7 Å². The number of hydrazine groups is 1. The van der Waals surface area contributed by atoms with Gasteiger partial charge >= 0.3 is 0 Å². The van der Waals surface area contributed by atoms with Gasteiger partial charge in [0.2, 0.25) is 5.91 Å². The zero-order chi connectivity index (χ0) is 13.8. The van der Waals surface area contributed by atoms with Gasteiger partial charge in [-0.3, -0.25) is 15.0 Å². The zero-order valence-electron chi connectivity index (χ0n) is 10.4. The minimum Gasteiger partial charge on any atom is -0.339 e. The van der Waals surface area contributed by atoms with Crippen molar-refractivity contribution >= 4 is 23.4 Å². The highest BCUT2D eigenvalue weighted by molar-refractivity contribution is 6.33. The summed E-state index contributed by atoms with van der Waals surface area (Å²) in [6.07, 6.45) is 1.25. The molecule has 1 saturated heterocycles. The van der Waals surface area contributed by atoms with E-state index in [0.29, 0.717) is 36.5 Å². The lowest BCUT2D eigenvalue weighted by molar-refractivity contribution is -0.126. The number of likely N-dealkylation sites (tertiary alicyclic amines) is 1. The van der Waals surface area contributed by atoms with E-state index in [4.69, 9.17) is 17.4 Å². The molecule has 2 rings (SSSR count). The summed E-state index contributed by atoms with van der Waals surface area (Å²) in [6.45, 7) is 1.09. The maximum absolute atomic E-state index is 12.3. The summed E-state index contributed by atoms with van der Waals surface area (Å²) < 4.78 is 0. The van der Waals surface area contributed by atoms with Crippen LogP contribution in [0.3, 0.4) is 0 Å². The fourth-order valence-electron chi connectivity index (χ4n) is 2.27. The summed E-state index contributed by atoms with van der Waals surface area (Å²) in [5.41, 5.74) is 2.66. The molecule has 1 aliphatic heterocycles. The van der Waals surface area contributed by atoms with E-state index in [9.17, 15) is 9.59 Å². The molecule has 1 fully saturated rings. The molecule has 0 bridgehead atoms. The van der Waals surface area contributed by atoms with Crippen molar-refractivity contribution in [3.8, 4) is 0 Å². The Hall–Kier alpha value is -1.59. The number of hydrogen-bond acceptors (Lipinski definition) is 3. The summed E-state index contributed by atoms with van der Waals surface area (Å²) in [5.74, 6) is 4.75. The first-order valence-corrected chi connectivity index (χ1v) is 6.55. The Morgan fingerprint density at radius 3 is 2.47 bits per heavy atom. The van der Waals surface area contributed by atoms with E-state index in [1.807, 2.05) is 0 Å². The van der Waals surface area contributed by atoms with Crippen LogP contribution in [0.1, 0.15) is 23.2 Å². The molecular formula is C13H16ClN3O2. The normalized spacial score (nSPS) is 16.2. The van der Waals surface area contributed by atoms with E-state index in [1.54, 1.807) is 29.2 Å². The van der Waals surface area contributed by atoms with Gasteiger partial charge < -0.3 is 4.90 Å². The summed E-state index contributed by atoms with van der Waals surface area (Å²) in [6, 6.07) is 6.98. The second kappa shape index (κ2) is 6.04. The van der Waals surface area contributed by atoms with Crippen LogP contribution in [0.25, 0.3) is 0 Å². The van der Waals surface area contributed by atoms with Crippen LogP contribution in [0.4, 0.5) is 0 Å². The van der Waals surface area contributed by atoms with Gasteiger partial charge in [0.15, 0.2) is 0 Å². The molecule has 0 aromatic heterocycles. The molecule has 1 aromatic carbocycles. The Kier molecular flexibility index (Phi) is 4.39. The standard InChI is InChI=1S/C13H16ClN3O2/c14-11-4-2-1-3-10(11)13(19)17-7-5-9(6-8-17)12(18)16-15/h1-4,9H,5-8,15H2,(H,16,18). The first-order chi connectivity index (χ1) is 9.13. The molecule has 5 nitrogen and oxygen atoms in total. The van der Waals surface area contributed by atoms with Crippen molar-refractivity contribution in [3.05, 3.63) is 34.9 Å². The molecule has 102 valence electrons. The highest BCUT2D eigenvalue weighted by atomic mass is 35.5. The third kappa shape index (κ3) is 3.05. The maximum atomic E-state index is 12.3. The van der Waals surface area contributed by atoms with Crippen molar-refractivity contribution in [2.75, 3.05) is 13.1 Å². The Morgan fingerprint density at radius 2 is 1.89 bits per heavy atom. The van der Waals surface area contributed by atoms with Crippen molar-refractivity contribution in [1.82, 2.24) is 10.3 Å². The van der Waals surface area contributed by atoms with Gasteiger partial charge in [-0.05, 0) is 25.0 Å². The van der Waals surface area contributed by atoms with Gasteiger partial charge in [-0.25, -0.2) is 5.84 Å². The highest BCUT2D eigenvalue weighted by Crippen LogP contribution is 2.22. The molecule has 1 aromatic rings. The van der Waals surface area contributed by atoms with E-state index in [2.05, 4.69) is 5.43 Å². The number of nitrogens with zero attached hydrogens (tertiary/aromatic N) is 1. The van der Waals surface area contributed by atoms with Gasteiger partial charge in [-0.2, -0.15) is 0 Å². The van der Waals surface area contributed by atoms with Gasteiger partial charge in [0, 0.05) is 19.0 Å². The van der Waals surface area contributed by atoms with Crippen LogP contribution in [-0.2, 0) is 4.79 Å². The van der Waals surface area contributed by atoms with Crippen LogP contribution < -0.4 is 11.3 Å². The number of nitrogens with one attached hydrogen (secondary N) is 1. The van der Waals surface area contributed by atoms with Crippen molar-refractivity contribution in [2.24, 2.45) is 11.8 Å². The number of carbonyl (C=O) groups excluding carboxylic acids is 2. The summed E-state index contributed by atoms with van der Waals surface area (Å²) in [5, 5.41) is 0.453. The number of rotatable bonds is 2. The van der Waals surface area contributed by atoms with Crippen LogP contribution in [0, 0.1) is 5.92 Å². The first-order valence-electron chi connectivity index (χ1n) is 6.17. The summed E-state index contributed by atoms with van der Waals surface area (Å²) in [7, 11) is 0. The molecule has 6 heteroatoms. The number of carbonyl (C=O) groups is 2. The third-order valence-corrected chi connectivity index (χ3v) is 3.73. The molecular weight excluding hydrogens is 266 g/mol. The monoisotopic (exact) mass is 281 g/mol. The number of hydrogen-bond donors (Lipinski definition) is 2. The fourth-order valence-corrected chi connectivity index (χ4v) is 2.48. The minimum absolute atomic E-state index is 0.0859. The fraction of sp³-hybridized carbons (Fsp3) is 0.385. The van der Waals surface area contributed by atoms with E-state index < -0.39 is 0 Å². The predicted octanol–water partition coefficient (Wildman–Crippen LogP) is 1.18. The Balaban J connectivity index is 2.00. The van der Waals surface area contributed by atoms with Gasteiger partial charge in [0.1, 0.15) is 0 Å². The Labute approximate surface area is 116 Å². The average molecular weight is 282 g/mol. The lowest BCUT2D eigenvalue weighted by Gasteiger charge is -2.31. The topological polar surface area (TPSA) is 75.4 Å². The number of amides is 2. The number of piperidine rings is 1. The molecule has 1 heterocycles. The maximum Gasteiger partial charge on any atom is 0.255 e. The lowest BCUT2D eigenvalue weighted by atomic mass is 9.95. The van der Waals surface area contributed by atoms with Gasteiger partial charge in [0.25, 0.3) is 5.91 Å². The Morgan fingerprint density at radius 1 is 1.26 bits per heavy atom. The number of benzene rings is 1. The zero-order valence-corrected chi connectivity index (χ0v) is 11.2. The smallest absolute Gasteiger partial charge is 0.255 e. The van der Waals surface area contributed by atoms with Crippen molar-refractivity contribution in [3.63, 3.8) is 0 Å². The molecule has 0 atom stereocenters. The van der Waals surface area contributed by atoms with Crippen LogP contribution in [0.15, 0.2) is 24.3 Å². The van der Waals surface area contributed by atoms with Crippen LogP contribution in [0.5, 0.6) is 0 Å². The van der Waals surface area contributed by atoms with Crippen molar-refractivity contribution in [2.45, 2.75) is 12.8 Å². The van der Waals surface area contributed by atoms with Crippen LogP contribution in [-0.4, -0.2) is 29.8 Å². The molecule has 0 unspecified atom stereocenters. The molecule has 0 spiro atoms. The van der Waals surface area contributed by atoms with Crippen LogP contribution >= 0.6 is 11.6 Å². The SMILES string of the molecule is NNC(=O)C1CCN(C(=O)c2ccccc2Cl)CC1. The van der Waals surface area contributed by atoms with E-state index in [0.717, 1.165) is 0 Å². The second-order valence-corrected chi connectivity index (χ2v) is 4.96. The second-order valence-electron chi connectivity index (χ2n) is 4.55. The van der Waals surface area contributed by atoms with Gasteiger partial charge in [-0.15, -0.1) is 0 Å². The highest BCUT2D eigenvalue weighted by Gasteiger charge is 2.27. The predicted molar refractivity (Wildman–Crippen MR) is 72.4 cm³/mol. The summed E-state index contributed by atoms with van der Waals surface area (Å²) >= 11 is 6.01. The molecule has 2 amide bonds. The quantitative estimate of drug-likeness (QED) is 0.486. The largest absolute Gasteiger partial charge is 0.339 e. The van der Waals surface area contributed by atoms with Crippen molar-refractivity contribution in [1.29, 1.82) is 0 Å². The average Bonchev–Trinajstić information content (AvgIpc) is 2.46. The van der Waals surface area contributed by atoms with E-state index in [1.165, 1.54) is 0 Å². The lowest BCUT2D eigenvalue weighted by Crippen LogP contribution is -2.44. The number of nitrogens with two attached hydrogens (primary N) is 1. The van der Waals surface area contributed by atoms with E-state index >= 15 is 0 Å². The van der Waals surface area contributed by atoms with E-state index in [-0.39, 0.29) is 17.7 Å². The molecule has 3 N–H and O–H groups in total. The third-order valence-electron chi connectivity index (χ3n) is 3.40. The number of halogens is 1. The summed E-state index contributed by atoms with van der Waals surface area (Å²) in [4.78, 5) is 25.4. The molecule has 0 saturated carbocycles. The first kappa shape index (κ1) is 13.8. The van der Waals surface area contributed by atoms with Crippen molar-refractivity contribution < 1.29 is 9.59 Å². The Bertz CT molecular complexity index is 485. The van der Waals surface area contributed by atoms with Crippen LogP contribution in [0.2, 0.25) is 5.02 Å². The molecule has 19 heavy (non-hydrogen) atoms. The minimum atomic E-state index is -0.162. The van der Waals surface area contributed by atoms with Gasteiger partial charge in [0.05, 0.1) is 10.6 Å². The molecule has 0 aliphatic carbocycles. The molecule has 0 radical (unpaired) electrons. The molecule has 1 aliphatic rings.